The zero-order valence-corrected chi connectivity index (χ0v) is 7.60. The molecule has 0 heterocycles. The molecule has 0 aromatic heterocycles. The largest absolute Gasteiger partial charge is 0.327 e. The van der Waals surface area contributed by atoms with Crippen LogP contribution in [0, 0.1) is 5.92 Å². The lowest BCUT2D eigenvalue weighted by atomic mass is 10.2. The minimum Gasteiger partial charge on any atom is -0.324 e. The molecule has 1 unspecified atom stereocenters. The molecule has 0 saturated carbocycles. The van der Waals surface area contributed by atoms with Gasteiger partial charge in [0.2, 0.25) is 0 Å². The highest BCUT2D eigenvalue weighted by Gasteiger charge is 2.15. The van der Waals surface area contributed by atoms with Crippen molar-refractivity contribution < 1.29 is 14.0 Å². The minimum atomic E-state index is -3.23. The van der Waals surface area contributed by atoms with Gasteiger partial charge >= 0.3 is 7.60 Å². The molecule has 10 heavy (non-hydrogen) atoms. The summed E-state index contributed by atoms with van der Waals surface area (Å²) in [5.41, 5.74) is 0. The van der Waals surface area contributed by atoms with Gasteiger partial charge < -0.3 is 9.42 Å². The van der Waals surface area contributed by atoms with Gasteiger partial charge in [-0.3, -0.25) is 4.57 Å². The summed E-state index contributed by atoms with van der Waals surface area (Å²) in [6.07, 6.45) is 0.194. The number of hydrogen-bond donors (Lipinski definition) is 1. The summed E-state index contributed by atoms with van der Waals surface area (Å²) in [6, 6.07) is 0. The standard InChI is InChI=1S/C6H15O3P/c1-4-10(7,8)9-5-6(2)3/h6H,4-5H2,1-3H3,(H,7,8). The van der Waals surface area contributed by atoms with Crippen LogP contribution in [0.1, 0.15) is 20.8 Å². The Balaban J connectivity index is 3.58. The van der Waals surface area contributed by atoms with E-state index in [4.69, 9.17) is 9.42 Å². The number of hydrogen-bond acceptors (Lipinski definition) is 2. The molecule has 0 aliphatic rings. The molecule has 0 amide bonds. The fourth-order valence-electron chi connectivity index (χ4n) is 0.357. The molecule has 0 rings (SSSR count). The maximum Gasteiger partial charge on any atom is 0.327 e. The molecule has 0 aliphatic carbocycles. The van der Waals surface area contributed by atoms with E-state index in [2.05, 4.69) is 0 Å². The summed E-state index contributed by atoms with van der Waals surface area (Å²) in [5, 5.41) is 0. The van der Waals surface area contributed by atoms with E-state index in [1.165, 1.54) is 0 Å². The summed E-state index contributed by atoms with van der Waals surface area (Å²) in [5.74, 6) is 0.312. The van der Waals surface area contributed by atoms with Gasteiger partial charge in [-0.2, -0.15) is 0 Å². The van der Waals surface area contributed by atoms with Gasteiger partial charge in [0.25, 0.3) is 0 Å². The third-order valence-electron chi connectivity index (χ3n) is 1.01. The van der Waals surface area contributed by atoms with Crippen molar-refractivity contribution in [3.05, 3.63) is 0 Å². The first kappa shape index (κ1) is 10.2. The predicted molar refractivity (Wildman–Crippen MR) is 41.2 cm³/mol. The molecule has 62 valence electrons. The van der Waals surface area contributed by atoms with E-state index in [0.717, 1.165) is 0 Å². The topological polar surface area (TPSA) is 46.5 Å². The normalized spacial score (nSPS) is 17.3. The Hall–Kier alpha value is 0.150. The average molecular weight is 166 g/mol. The maximum absolute atomic E-state index is 10.8. The highest BCUT2D eigenvalue weighted by atomic mass is 31.2. The van der Waals surface area contributed by atoms with Crippen LogP contribution in [0.4, 0.5) is 0 Å². The lowest BCUT2D eigenvalue weighted by Gasteiger charge is -2.10. The quantitative estimate of drug-likeness (QED) is 0.648. The Morgan fingerprint density at radius 3 is 2.40 bits per heavy atom. The summed E-state index contributed by atoms with van der Waals surface area (Å²) >= 11 is 0. The molecule has 0 bridgehead atoms. The van der Waals surface area contributed by atoms with Crippen molar-refractivity contribution in [3.63, 3.8) is 0 Å². The van der Waals surface area contributed by atoms with Crippen molar-refractivity contribution in [3.8, 4) is 0 Å². The van der Waals surface area contributed by atoms with Crippen molar-refractivity contribution in [1.29, 1.82) is 0 Å². The highest BCUT2D eigenvalue weighted by Crippen LogP contribution is 2.41. The maximum atomic E-state index is 10.8. The fourth-order valence-corrected chi connectivity index (χ4v) is 1.07. The van der Waals surface area contributed by atoms with Gasteiger partial charge in [0.05, 0.1) is 6.61 Å². The SMILES string of the molecule is CCP(=O)(O)OCC(C)C. The van der Waals surface area contributed by atoms with Crippen LogP contribution in [0.5, 0.6) is 0 Å². The third-order valence-corrected chi connectivity index (χ3v) is 2.36. The minimum absolute atomic E-state index is 0.194. The molecule has 4 heteroatoms. The molecule has 0 saturated heterocycles. The van der Waals surface area contributed by atoms with E-state index in [9.17, 15) is 4.57 Å². The van der Waals surface area contributed by atoms with E-state index < -0.39 is 7.60 Å². The Bertz CT molecular complexity index is 133. The van der Waals surface area contributed by atoms with Crippen LogP contribution in [-0.4, -0.2) is 17.7 Å². The average Bonchev–Trinajstić information content (AvgIpc) is 1.85. The van der Waals surface area contributed by atoms with E-state index >= 15 is 0 Å². The predicted octanol–water partition coefficient (Wildman–Crippen LogP) is 1.86. The smallest absolute Gasteiger partial charge is 0.324 e. The Morgan fingerprint density at radius 2 is 2.10 bits per heavy atom. The molecule has 1 N–H and O–H groups in total. The van der Waals surface area contributed by atoms with Gasteiger partial charge in [0, 0.05) is 6.16 Å². The molecule has 1 atom stereocenters. The van der Waals surface area contributed by atoms with Crippen LogP contribution in [0.3, 0.4) is 0 Å². The summed E-state index contributed by atoms with van der Waals surface area (Å²) in [6.45, 7) is 5.88. The molecule has 0 aromatic rings. The number of rotatable bonds is 4. The van der Waals surface area contributed by atoms with Gasteiger partial charge in [-0.25, -0.2) is 0 Å². The second-order valence-corrected chi connectivity index (χ2v) is 4.81. The fraction of sp³-hybridized carbons (Fsp3) is 1.00. The first-order chi connectivity index (χ1) is 4.48. The van der Waals surface area contributed by atoms with Crippen LogP contribution < -0.4 is 0 Å². The monoisotopic (exact) mass is 166 g/mol. The first-order valence-corrected chi connectivity index (χ1v) is 5.20. The van der Waals surface area contributed by atoms with E-state index in [0.29, 0.717) is 12.5 Å². The van der Waals surface area contributed by atoms with Crippen molar-refractivity contribution in [2.24, 2.45) is 5.92 Å². The molecule has 3 nitrogen and oxygen atoms in total. The lowest BCUT2D eigenvalue weighted by molar-refractivity contribution is 0.230. The second kappa shape index (κ2) is 4.12. The molecular formula is C6H15O3P. The van der Waals surface area contributed by atoms with E-state index in [1.54, 1.807) is 6.92 Å². The molecule has 0 aliphatic heterocycles. The van der Waals surface area contributed by atoms with Crippen molar-refractivity contribution in [2.75, 3.05) is 12.8 Å². The Morgan fingerprint density at radius 1 is 1.60 bits per heavy atom. The van der Waals surface area contributed by atoms with Crippen LogP contribution >= 0.6 is 7.60 Å². The van der Waals surface area contributed by atoms with Crippen LogP contribution in [0.25, 0.3) is 0 Å². The molecule has 0 fully saturated rings. The van der Waals surface area contributed by atoms with Crippen molar-refractivity contribution in [1.82, 2.24) is 0 Å². The van der Waals surface area contributed by atoms with Gasteiger partial charge in [-0.1, -0.05) is 20.8 Å². The van der Waals surface area contributed by atoms with Crippen LogP contribution in [0.2, 0.25) is 0 Å². The molecular weight excluding hydrogens is 151 g/mol. The Kier molecular flexibility index (Phi) is 4.18. The summed E-state index contributed by atoms with van der Waals surface area (Å²) in [4.78, 5) is 8.91. The van der Waals surface area contributed by atoms with E-state index in [1.807, 2.05) is 13.8 Å². The van der Waals surface area contributed by atoms with Gasteiger partial charge in [-0.05, 0) is 5.92 Å². The van der Waals surface area contributed by atoms with Crippen LogP contribution in [0.15, 0.2) is 0 Å². The molecule has 0 radical (unpaired) electrons. The first-order valence-electron chi connectivity index (χ1n) is 3.44. The molecule has 0 aromatic carbocycles. The zero-order valence-electron chi connectivity index (χ0n) is 6.70. The van der Waals surface area contributed by atoms with E-state index in [-0.39, 0.29) is 6.16 Å². The molecule has 0 spiro atoms. The van der Waals surface area contributed by atoms with Gasteiger partial charge in [0.1, 0.15) is 0 Å². The lowest BCUT2D eigenvalue weighted by Crippen LogP contribution is -2.00. The summed E-state index contributed by atoms with van der Waals surface area (Å²) in [7, 11) is -3.23. The van der Waals surface area contributed by atoms with Gasteiger partial charge in [0.15, 0.2) is 0 Å². The summed E-state index contributed by atoms with van der Waals surface area (Å²) < 4.78 is 15.6. The Labute approximate surface area is 61.9 Å². The van der Waals surface area contributed by atoms with Crippen molar-refractivity contribution >= 4 is 7.60 Å². The second-order valence-electron chi connectivity index (χ2n) is 2.64. The van der Waals surface area contributed by atoms with Gasteiger partial charge in [-0.15, -0.1) is 0 Å². The third kappa shape index (κ3) is 4.98. The van der Waals surface area contributed by atoms with Crippen LogP contribution in [-0.2, 0) is 9.09 Å². The zero-order chi connectivity index (χ0) is 8.20. The highest BCUT2D eigenvalue weighted by molar-refractivity contribution is 7.52. The van der Waals surface area contributed by atoms with Crippen molar-refractivity contribution in [2.45, 2.75) is 20.8 Å².